The molecule has 0 saturated carbocycles. The number of carbonyl (C=O) groups excluding carboxylic acids is 1. The van der Waals surface area contributed by atoms with Crippen molar-refractivity contribution in [1.82, 2.24) is 5.32 Å². The van der Waals surface area contributed by atoms with E-state index in [1.54, 1.807) is 4.90 Å². The van der Waals surface area contributed by atoms with E-state index in [9.17, 15) is 4.79 Å². The maximum absolute atomic E-state index is 12.4. The summed E-state index contributed by atoms with van der Waals surface area (Å²) in [5, 5.41) is 3.16. The van der Waals surface area contributed by atoms with Gasteiger partial charge in [0.2, 0.25) is 0 Å². The van der Waals surface area contributed by atoms with Crippen LogP contribution in [0.1, 0.15) is 30.4 Å². The van der Waals surface area contributed by atoms with Crippen molar-refractivity contribution < 1.29 is 14.6 Å². The van der Waals surface area contributed by atoms with Gasteiger partial charge in [-0.05, 0) is 12.0 Å². The Hall–Kier alpha value is -2.17. The molecule has 0 unspecified atom stereocenters. The summed E-state index contributed by atoms with van der Waals surface area (Å²) in [4.78, 5) is 15.4. The quantitative estimate of drug-likeness (QED) is 0.616. The number of hydrogen-bond donors (Lipinski definition) is 3. The molecule has 0 spiro atoms. The Morgan fingerprint density at radius 2 is 1.52 bits per heavy atom. The highest BCUT2D eigenvalue weighted by atomic mass is 16.2. The van der Waals surface area contributed by atoms with Gasteiger partial charge in [0.15, 0.2) is 6.54 Å². The number of piperazine rings is 1. The highest BCUT2D eigenvalue weighted by Crippen LogP contribution is 2.17. The van der Waals surface area contributed by atoms with Crippen LogP contribution in [0.15, 0.2) is 60.7 Å². The lowest BCUT2D eigenvalue weighted by Gasteiger charge is -2.29. The first-order chi connectivity index (χ1) is 13.2. The van der Waals surface area contributed by atoms with Gasteiger partial charge in [-0.2, -0.15) is 0 Å². The summed E-state index contributed by atoms with van der Waals surface area (Å²) in [6.07, 6.45) is 1.04. The first-order valence-electron chi connectivity index (χ1n) is 10.3. The Kier molecular flexibility index (Phi) is 7.43. The molecule has 4 nitrogen and oxygen atoms in total. The van der Waals surface area contributed by atoms with E-state index in [1.165, 1.54) is 16.0 Å². The molecule has 1 amide bonds. The first-order valence-corrected chi connectivity index (χ1v) is 10.3. The number of amides is 1. The van der Waals surface area contributed by atoms with Gasteiger partial charge in [-0.15, -0.1) is 0 Å². The van der Waals surface area contributed by atoms with Gasteiger partial charge in [0.25, 0.3) is 5.91 Å². The first kappa shape index (κ1) is 19.6. The van der Waals surface area contributed by atoms with E-state index in [2.05, 4.69) is 66.8 Å². The van der Waals surface area contributed by atoms with Gasteiger partial charge in [-0.25, -0.2) is 0 Å². The number of benzene rings is 2. The zero-order valence-corrected chi connectivity index (χ0v) is 16.4. The van der Waals surface area contributed by atoms with E-state index < -0.39 is 0 Å². The fourth-order valence-electron chi connectivity index (χ4n) is 3.94. The van der Waals surface area contributed by atoms with Crippen LogP contribution in [0, 0.1) is 0 Å². The van der Waals surface area contributed by atoms with E-state index in [1.807, 2.05) is 6.07 Å². The summed E-state index contributed by atoms with van der Waals surface area (Å²) < 4.78 is 0. The van der Waals surface area contributed by atoms with Crippen LogP contribution in [-0.4, -0.2) is 45.2 Å². The second-order valence-corrected chi connectivity index (χ2v) is 7.66. The number of nitrogens with one attached hydrogen (secondary N) is 3. The van der Waals surface area contributed by atoms with E-state index >= 15 is 0 Å². The van der Waals surface area contributed by atoms with Crippen molar-refractivity contribution in [2.24, 2.45) is 0 Å². The molecule has 2 aromatic rings. The zero-order chi connectivity index (χ0) is 18.9. The molecule has 0 radical (unpaired) electrons. The van der Waals surface area contributed by atoms with Crippen LogP contribution in [0.5, 0.6) is 0 Å². The van der Waals surface area contributed by atoms with Gasteiger partial charge < -0.3 is 15.1 Å². The minimum atomic E-state index is 0.186. The Morgan fingerprint density at radius 1 is 0.926 bits per heavy atom. The average molecular weight is 368 g/mol. The molecule has 2 aromatic carbocycles. The van der Waals surface area contributed by atoms with Gasteiger partial charge in [0.05, 0.1) is 0 Å². The van der Waals surface area contributed by atoms with Crippen molar-refractivity contribution in [3.63, 3.8) is 0 Å². The molecule has 1 fully saturated rings. The summed E-state index contributed by atoms with van der Waals surface area (Å²) in [6, 6.07) is 21.2. The highest BCUT2D eigenvalue weighted by molar-refractivity contribution is 5.76. The minimum absolute atomic E-state index is 0.186. The molecule has 3 N–H and O–H groups in total. The maximum Gasteiger partial charge on any atom is 0.275 e. The molecule has 0 aromatic heterocycles. The van der Waals surface area contributed by atoms with Gasteiger partial charge in [0, 0.05) is 18.0 Å². The Labute approximate surface area is 163 Å². The van der Waals surface area contributed by atoms with Crippen molar-refractivity contribution in [3.8, 4) is 0 Å². The lowest BCUT2D eigenvalue weighted by molar-refractivity contribution is -1.02. The average Bonchev–Trinajstić information content (AvgIpc) is 2.71. The monoisotopic (exact) mass is 367 g/mol. The van der Waals surface area contributed by atoms with Crippen LogP contribution in [0.25, 0.3) is 0 Å². The van der Waals surface area contributed by atoms with Crippen LogP contribution in [0.2, 0.25) is 0 Å². The van der Waals surface area contributed by atoms with Gasteiger partial charge in [-0.1, -0.05) is 67.6 Å². The molecule has 0 aliphatic carbocycles. The van der Waals surface area contributed by atoms with Crippen molar-refractivity contribution in [3.05, 3.63) is 71.8 Å². The van der Waals surface area contributed by atoms with E-state index in [4.69, 9.17) is 0 Å². The fourth-order valence-corrected chi connectivity index (χ4v) is 3.94. The van der Waals surface area contributed by atoms with Gasteiger partial charge >= 0.3 is 0 Å². The molecule has 0 bridgehead atoms. The van der Waals surface area contributed by atoms with Crippen LogP contribution in [0.3, 0.4) is 0 Å². The fraction of sp³-hybridized carbons (Fsp3) is 0.435. The van der Waals surface area contributed by atoms with Gasteiger partial charge in [-0.3, -0.25) is 4.79 Å². The lowest BCUT2D eigenvalue weighted by Crippen LogP contribution is -3.28. The van der Waals surface area contributed by atoms with E-state index in [0.29, 0.717) is 12.5 Å². The molecule has 1 atom stereocenters. The molecule has 27 heavy (non-hydrogen) atoms. The molecule has 4 heteroatoms. The second-order valence-electron chi connectivity index (χ2n) is 7.66. The third kappa shape index (κ3) is 6.19. The van der Waals surface area contributed by atoms with E-state index in [-0.39, 0.29) is 5.91 Å². The second kappa shape index (κ2) is 10.2. The molecule has 144 valence electrons. The zero-order valence-electron chi connectivity index (χ0n) is 16.4. The summed E-state index contributed by atoms with van der Waals surface area (Å²) in [5.74, 6) is 0.586. The topological polar surface area (TPSA) is 38.0 Å². The third-order valence-corrected chi connectivity index (χ3v) is 5.68. The highest BCUT2D eigenvalue weighted by Gasteiger charge is 2.25. The molecular formula is C23H33N3O+2. The standard InChI is InChI=1S/C23H31N3O/c1-2-21(22-11-7-4-8-12-22)17-24-23(27)19-26-15-13-25(14-16-26)18-20-9-5-3-6-10-20/h3-12,21H,2,13-19H2,1H3,(H,24,27)/p+2/t21-/m0/s1. The SMILES string of the molecule is CC[C@@H](CNC(=O)C[NH+]1CC[NH+](Cc2ccccc2)CC1)c1ccccc1. The summed E-state index contributed by atoms with van der Waals surface area (Å²) in [6.45, 7) is 9.04. The Bertz CT molecular complexity index is 681. The van der Waals surface area contributed by atoms with Crippen LogP contribution in [-0.2, 0) is 11.3 Å². The normalized spacial score (nSPS) is 20.8. The minimum Gasteiger partial charge on any atom is -0.351 e. The summed E-state index contributed by atoms with van der Waals surface area (Å²) in [7, 11) is 0. The Morgan fingerprint density at radius 3 is 2.15 bits per heavy atom. The molecule has 1 saturated heterocycles. The molecule has 1 aliphatic rings. The molecular weight excluding hydrogens is 334 g/mol. The smallest absolute Gasteiger partial charge is 0.275 e. The predicted molar refractivity (Wildman–Crippen MR) is 109 cm³/mol. The summed E-state index contributed by atoms with van der Waals surface area (Å²) >= 11 is 0. The van der Waals surface area contributed by atoms with Crippen LogP contribution in [0.4, 0.5) is 0 Å². The maximum atomic E-state index is 12.4. The van der Waals surface area contributed by atoms with Crippen LogP contribution < -0.4 is 15.1 Å². The lowest BCUT2D eigenvalue weighted by atomic mass is 9.96. The van der Waals surface area contributed by atoms with Crippen molar-refractivity contribution in [1.29, 1.82) is 0 Å². The summed E-state index contributed by atoms with van der Waals surface area (Å²) in [5.41, 5.74) is 2.71. The van der Waals surface area contributed by atoms with E-state index in [0.717, 1.165) is 45.7 Å². The molecule has 3 rings (SSSR count). The van der Waals surface area contributed by atoms with Gasteiger partial charge in [0.1, 0.15) is 32.7 Å². The molecule has 1 heterocycles. The predicted octanol–water partition coefficient (Wildman–Crippen LogP) is 0.280. The molecule has 1 aliphatic heterocycles. The van der Waals surface area contributed by atoms with Crippen molar-refractivity contribution in [2.75, 3.05) is 39.3 Å². The van der Waals surface area contributed by atoms with Crippen molar-refractivity contribution >= 4 is 5.91 Å². The number of carbonyl (C=O) groups is 1. The largest absolute Gasteiger partial charge is 0.351 e. The number of rotatable bonds is 8. The number of quaternary nitrogens is 2. The van der Waals surface area contributed by atoms with Crippen molar-refractivity contribution in [2.45, 2.75) is 25.8 Å². The van der Waals surface area contributed by atoms with Crippen LogP contribution >= 0.6 is 0 Å². The third-order valence-electron chi connectivity index (χ3n) is 5.68. The number of hydrogen-bond acceptors (Lipinski definition) is 1. The Balaban J connectivity index is 1.38.